The SMILES string of the molecule is CCCNC(C)c1cnn(Cc2ccc(F)c(Cl)c2)c1. The fraction of sp³-hybridized carbons (Fsp3) is 0.400. The minimum absolute atomic E-state index is 0.146. The highest BCUT2D eigenvalue weighted by molar-refractivity contribution is 6.30. The van der Waals surface area contributed by atoms with Crippen molar-refractivity contribution in [1.29, 1.82) is 0 Å². The lowest BCUT2D eigenvalue weighted by Crippen LogP contribution is -2.18. The maximum absolute atomic E-state index is 13.1. The van der Waals surface area contributed by atoms with E-state index in [9.17, 15) is 4.39 Å². The quantitative estimate of drug-likeness (QED) is 0.879. The molecule has 0 amide bonds. The van der Waals surface area contributed by atoms with Gasteiger partial charge in [0.2, 0.25) is 0 Å². The average molecular weight is 296 g/mol. The Bertz CT molecular complexity index is 568. The van der Waals surface area contributed by atoms with Gasteiger partial charge in [-0.3, -0.25) is 4.68 Å². The zero-order valence-electron chi connectivity index (χ0n) is 11.7. The summed E-state index contributed by atoms with van der Waals surface area (Å²) in [5, 5.41) is 7.90. The van der Waals surface area contributed by atoms with Crippen molar-refractivity contribution in [3.63, 3.8) is 0 Å². The third kappa shape index (κ3) is 3.81. The number of hydrogen-bond acceptors (Lipinski definition) is 2. The van der Waals surface area contributed by atoms with Gasteiger partial charge in [-0.1, -0.05) is 24.6 Å². The third-order valence-electron chi connectivity index (χ3n) is 3.18. The van der Waals surface area contributed by atoms with Gasteiger partial charge >= 0.3 is 0 Å². The molecule has 0 radical (unpaired) electrons. The number of nitrogens with zero attached hydrogens (tertiary/aromatic N) is 2. The highest BCUT2D eigenvalue weighted by Gasteiger charge is 2.08. The number of rotatable bonds is 6. The molecule has 0 aliphatic carbocycles. The van der Waals surface area contributed by atoms with Gasteiger partial charge in [-0.05, 0) is 37.6 Å². The number of hydrogen-bond donors (Lipinski definition) is 1. The fourth-order valence-electron chi connectivity index (χ4n) is 1.99. The molecule has 1 aromatic carbocycles. The Morgan fingerprint density at radius 1 is 1.45 bits per heavy atom. The molecule has 0 fully saturated rings. The van der Waals surface area contributed by atoms with E-state index in [1.165, 1.54) is 6.07 Å². The highest BCUT2D eigenvalue weighted by atomic mass is 35.5. The number of halogens is 2. The van der Waals surface area contributed by atoms with E-state index >= 15 is 0 Å². The van der Waals surface area contributed by atoms with Crippen LogP contribution in [0.2, 0.25) is 5.02 Å². The van der Waals surface area contributed by atoms with Crippen molar-refractivity contribution in [3.8, 4) is 0 Å². The van der Waals surface area contributed by atoms with Crippen LogP contribution in [0.4, 0.5) is 4.39 Å². The first-order valence-corrected chi connectivity index (χ1v) is 7.17. The lowest BCUT2D eigenvalue weighted by atomic mass is 10.2. The number of nitrogens with one attached hydrogen (secondary N) is 1. The maximum atomic E-state index is 13.1. The van der Waals surface area contributed by atoms with Gasteiger partial charge in [-0.25, -0.2) is 4.39 Å². The van der Waals surface area contributed by atoms with E-state index in [0.29, 0.717) is 6.54 Å². The van der Waals surface area contributed by atoms with Crippen LogP contribution in [0.25, 0.3) is 0 Å². The molecule has 1 N–H and O–H groups in total. The molecular formula is C15H19ClFN3. The predicted octanol–water partition coefficient (Wildman–Crippen LogP) is 3.78. The molecule has 0 aliphatic rings. The molecule has 5 heteroatoms. The van der Waals surface area contributed by atoms with Crippen molar-refractivity contribution < 1.29 is 4.39 Å². The summed E-state index contributed by atoms with van der Waals surface area (Å²) in [5.41, 5.74) is 2.08. The molecule has 3 nitrogen and oxygen atoms in total. The Hall–Kier alpha value is -1.39. The zero-order valence-corrected chi connectivity index (χ0v) is 12.5. The van der Waals surface area contributed by atoms with Crippen molar-refractivity contribution in [2.45, 2.75) is 32.9 Å². The second kappa shape index (κ2) is 6.86. The Labute approximate surface area is 123 Å². The van der Waals surface area contributed by atoms with Gasteiger partial charge in [0, 0.05) is 17.8 Å². The largest absolute Gasteiger partial charge is 0.310 e. The van der Waals surface area contributed by atoms with Crippen molar-refractivity contribution in [2.75, 3.05) is 6.54 Å². The first kappa shape index (κ1) is 15.0. The van der Waals surface area contributed by atoms with E-state index in [0.717, 1.165) is 24.1 Å². The molecule has 0 aliphatic heterocycles. The first-order valence-electron chi connectivity index (χ1n) is 6.79. The van der Waals surface area contributed by atoms with Gasteiger partial charge in [0.25, 0.3) is 0 Å². The molecule has 1 heterocycles. The van der Waals surface area contributed by atoms with Crippen molar-refractivity contribution >= 4 is 11.6 Å². The van der Waals surface area contributed by atoms with Crippen molar-refractivity contribution in [3.05, 3.63) is 52.6 Å². The van der Waals surface area contributed by atoms with Gasteiger partial charge in [0.15, 0.2) is 0 Å². The molecule has 1 aromatic heterocycles. The highest BCUT2D eigenvalue weighted by Crippen LogP contribution is 2.17. The summed E-state index contributed by atoms with van der Waals surface area (Å²) in [6, 6.07) is 5.02. The Morgan fingerprint density at radius 3 is 2.95 bits per heavy atom. The van der Waals surface area contributed by atoms with Crippen LogP contribution in [0.5, 0.6) is 0 Å². The number of benzene rings is 1. The van der Waals surface area contributed by atoms with Crippen LogP contribution in [-0.2, 0) is 6.54 Å². The summed E-state index contributed by atoms with van der Waals surface area (Å²) in [6.45, 7) is 5.83. The van der Waals surface area contributed by atoms with Crippen LogP contribution in [0.3, 0.4) is 0 Å². The molecule has 0 bridgehead atoms. The number of aromatic nitrogens is 2. The van der Waals surface area contributed by atoms with E-state index in [4.69, 9.17) is 11.6 Å². The molecule has 0 spiro atoms. The molecule has 2 rings (SSSR count). The summed E-state index contributed by atoms with van der Waals surface area (Å²) >= 11 is 5.78. The minimum Gasteiger partial charge on any atom is -0.310 e. The minimum atomic E-state index is -0.394. The van der Waals surface area contributed by atoms with Crippen LogP contribution in [0.15, 0.2) is 30.6 Å². The average Bonchev–Trinajstić information content (AvgIpc) is 2.89. The van der Waals surface area contributed by atoms with E-state index in [2.05, 4.69) is 24.3 Å². The van der Waals surface area contributed by atoms with Crippen LogP contribution in [0, 0.1) is 5.82 Å². The molecule has 20 heavy (non-hydrogen) atoms. The Morgan fingerprint density at radius 2 is 2.25 bits per heavy atom. The van der Waals surface area contributed by atoms with Gasteiger partial charge in [0.1, 0.15) is 5.82 Å². The van der Waals surface area contributed by atoms with Gasteiger partial charge in [-0.15, -0.1) is 0 Å². The second-order valence-electron chi connectivity index (χ2n) is 4.90. The maximum Gasteiger partial charge on any atom is 0.141 e. The van der Waals surface area contributed by atoms with Gasteiger partial charge < -0.3 is 5.32 Å². The monoisotopic (exact) mass is 295 g/mol. The van der Waals surface area contributed by atoms with E-state index in [1.807, 2.05) is 17.1 Å². The molecule has 108 valence electrons. The third-order valence-corrected chi connectivity index (χ3v) is 3.47. The second-order valence-corrected chi connectivity index (χ2v) is 5.30. The lowest BCUT2D eigenvalue weighted by molar-refractivity contribution is 0.569. The van der Waals surface area contributed by atoms with Crippen LogP contribution in [0.1, 0.15) is 37.4 Å². The summed E-state index contributed by atoms with van der Waals surface area (Å²) in [5.74, 6) is -0.394. The van der Waals surface area contributed by atoms with Crippen LogP contribution in [-0.4, -0.2) is 16.3 Å². The normalized spacial score (nSPS) is 12.6. The molecule has 2 aromatic rings. The molecule has 0 saturated carbocycles. The van der Waals surface area contributed by atoms with Crippen molar-refractivity contribution in [2.24, 2.45) is 0 Å². The van der Waals surface area contributed by atoms with Gasteiger partial charge in [0.05, 0.1) is 17.8 Å². The molecule has 1 unspecified atom stereocenters. The summed E-state index contributed by atoms with van der Waals surface area (Å²) in [6.07, 6.45) is 4.97. The Balaban J connectivity index is 2.03. The summed E-state index contributed by atoms with van der Waals surface area (Å²) in [7, 11) is 0. The first-order chi connectivity index (χ1) is 9.60. The summed E-state index contributed by atoms with van der Waals surface area (Å²) < 4.78 is 14.9. The topological polar surface area (TPSA) is 29.9 Å². The fourth-order valence-corrected chi connectivity index (χ4v) is 2.20. The summed E-state index contributed by atoms with van der Waals surface area (Å²) in [4.78, 5) is 0. The predicted molar refractivity (Wildman–Crippen MR) is 79.4 cm³/mol. The molecule has 1 atom stereocenters. The van der Waals surface area contributed by atoms with Crippen molar-refractivity contribution in [1.82, 2.24) is 15.1 Å². The Kier molecular flexibility index (Phi) is 5.15. The van der Waals surface area contributed by atoms with Crippen LogP contribution >= 0.6 is 11.6 Å². The molecule has 0 saturated heterocycles. The van der Waals surface area contributed by atoms with Gasteiger partial charge in [-0.2, -0.15) is 5.10 Å². The molecular weight excluding hydrogens is 277 g/mol. The zero-order chi connectivity index (χ0) is 14.5. The van der Waals surface area contributed by atoms with E-state index in [1.54, 1.807) is 12.1 Å². The van der Waals surface area contributed by atoms with E-state index in [-0.39, 0.29) is 11.1 Å². The smallest absolute Gasteiger partial charge is 0.141 e. The van der Waals surface area contributed by atoms with E-state index < -0.39 is 5.82 Å². The standard InChI is InChI=1S/C15H19ClFN3/c1-3-6-18-11(2)13-8-19-20(10-13)9-12-4-5-15(17)14(16)7-12/h4-5,7-8,10-11,18H,3,6,9H2,1-2H3. The van der Waals surface area contributed by atoms with Crippen LogP contribution < -0.4 is 5.32 Å². The lowest BCUT2D eigenvalue weighted by Gasteiger charge is -2.10.